The molecule has 2 aliphatic heterocycles. The molecule has 3 unspecified atom stereocenters. The number of hydrogen-bond acceptors (Lipinski definition) is 5. The Labute approximate surface area is 142 Å². The highest BCUT2D eigenvalue weighted by Crippen LogP contribution is 2.27. The summed E-state index contributed by atoms with van der Waals surface area (Å²) in [5, 5.41) is 28.4. The Morgan fingerprint density at radius 2 is 2.08 bits per heavy atom. The summed E-state index contributed by atoms with van der Waals surface area (Å²) in [7, 11) is 0. The monoisotopic (exact) mass is 328 g/mol. The van der Waals surface area contributed by atoms with Crippen LogP contribution < -0.4 is 0 Å². The Bertz CT molecular complexity index is 629. The van der Waals surface area contributed by atoms with Crippen molar-refractivity contribution in [2.45, 2.75) is 25.4 Å². The van der Waals surface area contributed by atoms with E-state index in [2.05, 4.69) is 23.2 Å². The molecule has 0 radical (unpaired) electrons. The number of aliphatic hydroxyl groups is 3. The normalized spacial score (nSPS) is 29.2. The minimum Gasteiger partial charge on any atom is -0.370 e. The summed E-state index contributed by atoms with van der Waals surface area (Å²) in [5.74, 6) is 0.676. The molecule has 0 saturated heterocycles. The Balaban J connectivity index is 1.51. The second kappa shape index (κ2) is 7.75. The summed E-state index contributed by atoms with van der Waals surface area (Å²) in [5.41, 5.74) is 1.69. The van der Waals surface area contributed by atoms with E-state index in [4.69, 9.17) is 0 Å². The SMILES string of the molecule is OC(O)C1=CC(CC2C=CC(CN3C=CC=CC3O)=CC2)CN=C1. The van der Waals surface area contributed by atoms with Gasteiger partial charge >= 0.3 is 0 Å². The van der Waals surface area contributed by atoms with E-state index < -0.39 is 12.5 Å². The molecule has 0 spiro atoms. The van der Waals surface area contributed by atoms with Gasteiger partial charge in [-0.05, 0) is 42.4 Å². The first-order valence-corrected chi connectivity index (χ1v) is 8.35. The van der Waals surface area contributed by atoms with Gasteiger partial charge in [-0.2, -0.15) is 0 Å². The van der Waals surface area contributed by atoms with E-state index in [1.807, 2.05) is 29.3 Å². The van der Waals surface area contributed by atoms with Gasteiger partial charge < -0.3 is 20.2 Å². The van der Waals surface area contributed by atoms with E-state index in [-0.39, 0.29) is 5.92 Å². The van der Waals surface area contributed by atoms with Gasteiger partial charge in [0.15, 0.2) is 6.29 Å². The molecular formula is C19H24N2O3. The van der Waals surface area contributed by atoms with Crippen LogP contribution in [0.15, 0.2) is 64.9 Å². The zero-order valence-electron chi connectivity index (χ0n) is 13.6. The largest absolute Gasteiger partial charge is 0.370 e. The molecule has 3 rings (SSSR count). The van der Waals surface area contributed by atoms with E-state index >= 15 is 0 Å². The van der Waals surface area contributed by atoms with Gasteiger partial charge in [-0.1, -0.05) is 30.4 Å². The Hall–Kier alpha value is -1.95. The maximum atomic E-state index is 9.91. The van der Waals surface area contributed by atoms with E-state index in [9.17, 15) is 15.3 Å². The lowest BCUT2D eigenvalue weighted by atomic mass is 9.86. The van der Waals surface area contributed by atoms with Gasteiger partial charge in [0, 0.05) is 31.1 Å². The second-order valence-electron chi connectivity index (χ2n) is 6.48. The topological polar surface area (TPSA) is 76.3 Å². The van der Waals surface area contributed by atoms with Crippen LogP contribution in [0.2, 0.25) is 0 Å². The highest BCUT2D eigenvalue weighted by Gasteiger charge is 2.19. The van der Waals surface area contributed by atoms with Crippen LogP contribution >= 0.6 is 0 Å². The van der Waals surface area contributed by atoms with Crippen LogP contribution in [0.5, 0.6) is 0 Å². The zero-order chi connectivity index (χ0) is 16.9. The summed E-state index contributed by atoms with van der Waals surface area (Å²) in [6, 6.07) is 0. The average Bonchev–Trinajstić information content (AvgIpc) is 2.59. The molecule has 5 heteroatoms. The van der Waals surface area contributed by atoms with Crippen LogP contribution in [-0.2, 0) is 0 Å². The number of aliphatic imine (C=N–C) groups is 1. The van der Waals surface area contributed by atoms with Crippen molar-refractivity contribution in [3.63, 3.8) is 0 Å². The third kappa shape index (κ3) is 4.32. The highest BCUT2D eigenvalue weighted by molar-refractivity contribution is 5.80. The Morgan fingerprint density at radius 1 is 1.21 bits per heavy atom. The molecule has 0 fully saturated rings. The molecule has 128 valence electrons. The van der Waals surface area contributed by atoms with Crippen molar-refractivity contribution < 1.29 is 15.3 Å². The molecule has 0 aromatic rings. The van der Waals surface area contributed by atoms with Gasteiger partial charge in [0.05, 0.1) is 0 Å². The van der Waals surface area contributed by atoms with E-state index in [0.29, 0.717) is 24.6 Å². The number of hydrogen-bond donors (Lipinski definition) is 3. The molecular weight excluding hydrogens is 304 g/mol. The Kier molecular flexibility index (Phi) is 5.45. The summed E-state index contributed by atoms with van der Waals surface area (Å²) < 4.78 is 0. The van der Waals surface area contributed by atoms with Crippen molar-refractivity contribution in [3.05, 3.63) is 59.9 Å². The van der Waals surface area contributed by atoms with Crippen LogP contribution in [0.25, 0.3) is 0 Å². The van der Waals surface area contributed by atoms with Crippen LogP contribution in [0.3, 0.4) is 0 Å². The summed E-state index contributed by atoms with van der Waals surface area (Å²) >= 11 is 0. The fraction of sp³-hybridized carbons (Fsp3) is 0.421. The van der Waals surface area contributed by atoms with Gasteiger partial charge in [-0.3, -0.25) is 4.99 Å². The molecule has 0 saturated carbocycles. The molecule has 24 heavy (non-hydrogen) atoms. The molecule has 3 N–H and O–H groups in total. The third-order valence-electron chi connectivity index (χ3n) is 4.55. The lowest BCUT2D eigenvalue weighted by Gasteiger charge is -2.28. The molecule has 3 atom stereocenters. The molecule has 3 aliphatic rings. The predicted molar refractivity (Wildman–Crippen MR) is 94.1 cm³/mol. The van der Waals surface area contributed by atoms with Crippen LogP contribution in [0.4, 0.5) is 0 Å². The molecule has 2 heterocycles. The van der Waals surface area contributed by atoms with Crippen molar-refractivity contribution in [2.75, 3.05) is 13.1 Å². The fourth-order valence-corrected chi connectivity index (χ4v) is 3.23. The van der Waals surface area contributed by atoms with Gasteiger partial charge in [0.2, 0.25) is 0 Å². The zero-order valence-corrected chi connectivity index (χ0v) is 13.6. The van der Waals surface area contributed by atoms with Gasteiger partial charge in [0.25, 0.3) is 0 Å². The number of aliphatic hydroxyl groups excluding tert-OH is 2. The smallest absolute Gasteiger partial charge is 0.179 e. The summed E-state index contributed by atoms with van der Waals surface area (Å²) in [6.45, 7) is 1.40. The van der Waals surface area contributed by atoms with Crippen molar-refractivity contribution in [1.82, 2.24) is 4.90 Å². The average molecular weight is 328 g/mol. The van der Waals surface area contributed by atoms with Gasteiger partial charge in [-0.15, -0.1) is 0 Å². The van der Waals surface area contributed by atoms with Crippen LogP contribution in [0, 0.1) is 11.8 Å². The number of rotatable bonds is 5. The lowest BCUT2D eigenvalue weighted by Crippen LogP contribution is -2.31. The maximum absolute atomic E-state index is 9.91. The van der Waals surface area contributed by atoms with Gasteiger partial charge in [0.1, 0.15) is 6.23 Å². The van der Waals surface area contributed by atoms with E-state index in [0.717, 1.165) is 12.8 Å². The first-order chi connectivity index (χ1) is 11.6. The molecule has 5 nitrogen and oxygen atoms in total. The third-order valence-corrected chi connectivity index (χ3v) is 4.55. The first-order valence-electron chi connectivity index (χ1n) is 8.35. The van der Waals surface area contributed by atoms with Crippen molar-refractivity contribution >= 4 is 6.21 Å². The number of nitrogens with zero attached hydrogens (tertiary/aromatic N) is 2. The van der Waals surface area contributed by atoms with E-state index in [1.54, 1.807) is 12.3 Å². The van der Waals surface area contributed by atoms with Crippen LogP contribution in [0.1, 0.15) is 12.8 Å². The summed E-state index contributed by atoms with van der Waals surface area (Å²) in [4.78, 5) is 6.12. The maximum Gasteiger partial charge on any atom is 0.179 e. The Morgan fingerprint density at radius 3 is 2.79 bits per heavy atom. The number of dihydropyridines is 1. The minimum atomic E-state index is -1.44. The number of allylic oxidation sites excluding steroid dienone is 4. The summed E-state index contributed by atoms with van der Waals surface area (Å²) in [6.07, 6.45) is 17.4. The standard InChI is InChI=1S/C19H24N2O3/c22-18-3-1-2-8-21(18)13-15-6-4-14(5-7-15)9-16-10-17(19(23)24)12-20-11-16/h1-4,6-8,10,12,14,16,18-19,22-24H,5,9,11,13H2. The lowest BCUT2D eigenvalue weighted by molar-refractivity contribution is -0.00330. The second-order valence-corrected chi connectivity index (χ2v) is 6.48. The molecule has 0 aromatic heterocycles. The molecule has 1 aliphatic carbocycles. The van der Waals surface area contributed by atoms with Crippen LogP contribution in [-0.4, -0.2) is 52.0 Å². The van der Waals surface area contributed by atoms with Gasteiger partial charge in [-0.25, -0.2) is 0 Å². The van der Waals surface area contributed by atoms with Crippen molar-refractivity contribution in [2.24, 2.45) is 16.8 Å². The fourth-order valence-electron chi connectivity index (χ4n) is 3.23. The molecule has 0 amide bonds. The quantitative estimate of drug-likeness (QED) is 0.669. The van der Waals surface area contributed by atoms with E-state index in [1.165, 1.54) is 5.57 Å². The van der Waals surface area contributed by atoms with Crippen molar-refractivity contribution in [1.29, 1.82) is 0 Å². The minimum absolute atomic E-state index is 0.244. The predicted octanol–water partition coefficient (Wildman–Crippen LogP) is 1.52. The molecule has 0 bridgehead atoms. The molecule has 0 aromatic carbocycles. The first kappa shape index (κ1) is 16.9. The highest BCUT2D eigenvalue weighted by atomic mass is 16.5. The van der Waals surface area contributed by atoms with Crippen molar-refractivity contribution in [3.8, 4) is 0 Å².